The van der Waals surface area contributed by atoms with Gasteiger partial charge in [-0.15, -0.1) is 0 Å². The molecular weight excluding hydrogens is 596 g/mol. The van der Waals surface area contributed by atoms with Crippen LogP contribution in [0.2, 0.25) is 0 Å². The van der Waals surface area contributed by atoms with Gasteiger partial charge in [0.2, 0.25) is 0 Å². The van der Waals surface area contributed by atoms with Crippen LogP contribution in [0.25, 0.3) is 0 Å². The van der Waals surface area contributed by atoms with E-state index in [1.54, 1.807) is 0 Å². The molecule has 48 heavy (non-hydrogen) atoms. The van der Waals surface area contributed by atoms with Crippen LogP contribution in [0.15, 0.2) is 97.2 Å². The van der Waals surface area contributed by atoms with Gasteiger partial charge in [0, 0.05) is 12.8 Å². The van der Waals surface area contributed by atoms with Crippen LogP contribution in [0.1, 0.15) is 142 Å². The molecule has 0 aliphatic carbocycles. The molecular formula is C43H68O5. The highest BCUT2D eigenvalue weighted by Gasteiger charge is 2.16. The molecule has 1 unspecified atom stereocenters. The quantitative estimate of drug-likeness (QED) is 0.0440. The van der Waals surface area contributed by atoms with E-state index in [1.807, 2.05) is 0 Å². The average molecular weight is 665 g/mol. The third-order valence-electron chi connectivity index (χ3n) is 7.39. The molecule has 0 spiro atoms. The third-order valence-corrected chi connectivity index (χ3v) is 7.39. The van der Waals surface area contributed by atoms with E-state index >= 15 is 0 Å². The molecule has 0 aliphatic rings. The van der Waals surface area contributed by atoms with Crippen molar-refractivity contribution >= 4 is 11.9 Å². The van der Waals surface area contributed by atoms with E-state index in [0.717, 1.165) is 89.9 Å². The van der Waals surface area contributed by atoms with Crippen molar-refractivity contribution in [2.75, 3.05) is 13.2 Å². The zero-order chi connectivity index (χ0) is 35.0. The van der Waals surface area contributed by atoms with Crippen LogP contribution < -0.4 is 0 Å². The van der Waals surface area contributed by atoms with Gasteiger partial charge < -0.3 is 14.6 Å². The molecule has 5 nitrogen and oxygen atoms in total. The van der Waals surface area contributed by atoms with Crippen molar-refractivity contribution in [1.82, 2.24) is 0 Å². The summed E-state index contributed by atoms with van der Waals surface area (Å²) in [5, 5.41) is 9.48. The first-order chi connectivity index (χ1) is 23.6. The molecule has 1 N–H and O–H groups in total. The predicted molar refractivity (Wildman–Crippen MR) is 205 cm³/mol. The van der Waals surface area contributed by atoms with E-state index in [2.05, 4.69) is 111 Å². The summed E-state index contributed by atoms with van der Waals surface area (Å²) in [4.78, 5) is 24.0. The molecule has 0 heterocycles. The highest BCUT2D eigenvalue weighted by molar-refractivity contribution is 5.70. The molecule has 0 aliphatic heterocycles. The van der Waals surface area contributed by atoms with E-state index in [9.17, 15) is 14.7 Å². The maximum absolute atomic E-state index is 12.1. The monoisotopic (exact) mass is 665 g/mol. The molecule has 1 atom stereocenters. The van der Waals surface area contributed by atoms with Gasteiger partial charge in [-0.1, -0.05) is 150 Å². The van der Waals surface area contributed by atoms with Crippen molar-refractivity contribution in [3.63, 3.8) is 0 Å². The van der Waals surface area contributed by atoms with Crippen molar-refractivity contribution < 1.29 is 24.2 Å². The molecule has 270 valence electrons. The number of rotatable bonds is 32. The number of esters is 2. The largest absolute Gasteiger partial charge is 0.462 e. The van der Waals surface area contributed by atoms with Gasteiger partial charge in [-0.2, -0.15) is 0 Å². The van der Waals surface area contributed by atoms with E-state index in [4.69, 9.17) is 9.47 Å². The van der Waals surface area contributed by atoms with E-state index in [0.29, 0.717) is 12.8 Å². The summed E-state index contributed by atoms with van der Waals surface area (Å²) in [7, 11) is 0. The molecule has 0 radical (unpaired) electrons. The lowest BCUT2D eigenvalue weighted by molar-refractivity contribution is -0.161. The van der Waals surface area contributed by atoms with Gasteiger partial charge >= 0.3 is 11.9 Å². The Bertz CT molecular complexity index is 979. The second-order valence-electron chi connectivity index (χ2n) is 11.9. The molecule has 0 aromatic heterocycles. The Labute approximate surface area is 294 Å². The van der Waals surface area contributed by atoms with Crippen LogP contribution >= 0.6 is 0 Å². The topological polar surface area (TPSA) is 72.8 Å². The van der Waals surface area contributed by atoms with Gasteiger partial charge in [-0.3, -0.25) is 9.59 Å². The smallest absolute Gasteiger partial charge is 0.306 e. The minimum Gasteiger partial charge on any atom is -0.462 e. The first-order valence-electron chi connectivity index (χ1n) is 18.8. The van der Waals surface area contributed by atoms with Gasteiger partial charge in [0.1, 0.15) is 6.61 Å². The van der Waals surface area contributed by atoms with Crippen molar-refractivity contribution in [2.45, 2.75) is 148 Å². The summed E-state index contributed by atoms with van der Waals surface area (Å²) in [6.07, 6.45) is 53.4. The Morgan fingerprint density at radius 3 is 1.35 bits per heavy atom. The summed E-state index contributed by atoms with van der Waals surface area (Å²) in [6.45, 7) is 3.91. The normalized spacial score (nSPS) is 13.3. The SMILES string of the molecule is CC/C=C\C/C=C\C/C=C\C/C=C\C/C=C\C/C=C\C/C=C\C/C=C\CCCCC(=O)OC(CO)COC(=O)CCCCCCCCC. The Hall–Kier alpha value is -3.18. The number of allylic oxidation sites excluding steroid dienone is 16. The van der Waals surface area contributed by atoms with Crippen molar-refractivity contribution in [3.8, 4) is 0 Å². The van der Waals surface area contributed by atoms with Crippen molar-refractivity contribution in [2.24, 2.45) is 0 Å². The molecule has 0 fully saturated rings. The van der Waals surface area contributed by atoms with Gasteiger partial charge in [-0.05, 0) is 77.0 Å². The van der Waals surface area contributed by atoms with Crippen LogP contribution in [-0.4, -0.2) is 36.4 Å². The molecule has 0 aromatic rings. The summed E-state index contributed by atoms with van der Waals surface area (Å²) in [5.41, 5.74) is 0. The highest BCUT2D eigenvalue weighted by atomic mass is 16.6. The number of carbonyl (C=O) groups excluding carboxylic acids is 2. The maximum Gasteiger partial charge on any atom is 0.306 e. The number of ether oxygens (including phenoxy) is 2. The van der Waals surface area contributed by atoms with Crippen molar-refractivity contribution in [1.29, 1.82) is 0 Å². The van der Waals surface area contributed by atoms with Gasteiger partial charge in [-0.25, -0.2) is 0 Å². The Kier molecular flexibility index (Phi) is 35.7. The number of hydrogen-bond acceptors (Lipinski definition) is 5. The first-order valence-corrected chi connectivity index (χ1v) is 18.8. The number of hydrogen-bond donors (Lipinski definition) is 1. The van der Waals surface area contributed by atoms with Crippen molar-refractivity contribution in [3.05, 3.63) is 97.2 Å². The lowest BCUT2D eigenvalue weighted by Gasteiger charge is -2.15. The van der Waals surface area contributed by atoms with Crippen LogP contribution in [0.5, 0.6) is 0 Å². The summed E-state index contributed by atoms with van der Waals surface area (Å²) in [6, 6.07) is 0. The summed E-state index contributed by atoms with van der Waals surface area (Å²) in [5.74, 6) is -0.660. The molecule has 0 amide bonds. The van der Waals surface area contributed by atoms with E-state index in [-0.39, 0.29) is 25.2 Å². The summed E-state index contributed by atoms with van der Waals surface area (Å²) >= 11 is 0. The van der Waals surface area contributed by atoms with Crippen LogP contribution in [0.4, 0.5) is 0 Å². The minimum atomic E-state index is -0.796. The number of aliphatic hydroxyl groups excluding tert-OH is 1. The Morgan fingerprint density at radius 2 is 0.896 bits per heavy atom. The number of unbranched alkanes of at least 4 members (excludes halogenated alkanes) is 8. The fourth-order valence-electron chi connectivity index (χ4n) is 4.57. The lowest BCUT2D eigenvalue weighted by Crippen LogP contribution is -2.28. The molecule has 0 rings (SSSR count). The van der Waals surface area contributed by atoms with E-state index in [1.165, 1.54) is 25.7 Å². The molecule has 0 bridgehead atoms. The van der Waals surface area contributed by atoms with Crippen LogP contribution in [0.3, 0.4) is 0 Å². The van der Waals surface area contributed by atoms with Crippen LogP contribution in [0, 0.1) is 0 Å². The lowest BCUT2D eigenvalue weighted by atomic mass is 10.1. The second kappa shape index (κ2) is 38.3. The highest BCUT2D eigenvalue weighted by Crippen LogP contribution is 2.10. The van der Waals surface area contributed by atoms with Crippen LogP contribution in [-0.2, 0) is 19.1 Å². The fraction of sp³-hybridized carbons (Fsp3) is 0.581. The second-order valence-corrected chi connectivity index (χ2v) is 11.9. The first kappa shape index (κ1) is 44.8. The minimum absolute atomic E-state index is 0.0894. The molecule has 5 heteroatoms. The number of carbonyl (C=O) groups is 2. The zero-order valence-corrected chi connectivity index (χ0v) is 30.5. The summed E-state index contributed by atoms with van der Waals surface area (Å²) < 4.78 is 10.5. The Morgan fingerprint density at radius 1 is 0.500 bits per heavy atom. The maximum atomic E-state index is 12.1. The van der Waals surface area contributed by atoms with Gasteiger partial charge in [0.15, 0.2) is 6.10 Å². The molecule has 0 saturated heterocycles. The van der Waals surface area contributed by atoms with Gasteiger partial charge in [0.25, 0.3) is 0 Å². The molecule has 0 aromatic carbocycles. The molecule has 0 saturated carbocycles. The average Bonchev–Trinajstić information content (AvgIpc) is 3.09. The number of aliphatic hydroxyl groups is 1. The van der Waals surface area contributed by atoms with E-state index < -0.39 is 6.10 Å². The van der Waals surface area contributed by atoms with Gasteiger partial charge in [0.05, 0.1) is 6.61 Å². The standard InChI is InChI=1S/C43H68O5/c1-3-5-7-9-11-12-13-14-15-16-17-18-19-20-21-22-23-24-25-26-27-28-29-30-32-34-36-38-43(46)48-41(39-44)40-47-42(45)37-35-33-31-10-8-6-4-2/h5,7,11-12,14-15,17-18,20-21,23-24,26-27,29-30,41,44H,3-4,6,8-10,13,16,19,22,25,28,31-40H2,1-2H3/b7-5-,12-11-,15-14-,18-17-,21-20-,24-23-,27-26-,30-29-. The predicted octanol–water partition coefficient (Wildman–Crippen LogP) is 11.7. The third kappa shape index (κ3) is 35.7. The zero-order valence-electron chi connectivity index (χ0n) is 30.5. The Balaban J connectivity index is 3.73. The fourth-order valence-corrected chi connectivity index (χ4v) is 4.57.